The van der Waals surface area contributed by atoms with E-state index in [1.807, 2.05) is 6.08 Å². The van der Waals surface area contributed by atoms with Gasteiger partial charge in [-0.25, -0.2) is 0 Å². The standard InChI is InChI=1S/C31H48O5/c1-2-3-5-13-29(33)20-19-27-18-17-26-12-9-8-11-25(26)16-15-24(10-6-4-7-14-31(35)36)21-28(27)22-30(34)23-32/h8-9,11-12,19-20,24,29-30,32-34H,2-7,10,13-18,21-23H2,1H3,(H,35,36). The number of hydrogen-bond donors (Lipinski definition) is 4. The Bertz CT molecular complexity index is 828. The highest BCUT2D eigenvalue weighted by Crippen LogP contribution is 2.32. The van der Waals surface area contributed by atoms with Crippen LogP contribution in [0, 0.1) is 5.92 Å². The lowest BCUT2D eigenvalue weighted by Gasteiger charge is -2.25. The van der Waals surface area contributed by atoms with Crippen LogP contribution in [0.1, 0.15) is 102 Å². The molecule has 0 aromatic heterocycles. The third-order valence-corrected chi connectivity index (χ3v) is 7.41. The maximum atomic E-state index is 10.9. The van der Waals surface area contributed by atoms with Crippen LogP contribution in [0.2, 0.25) is 0 Å². The first-order chi connectivity index (χ1) is 17.4. The predicted octanol–water partition coefficient (Wildman–Crippen LogP) is 6.14. The summed E-state index contributed by atoms with van der Waals surface area (Å²) >= 11 is 0. The van der Waals surface area contributed by atoms with E-state index in [0.717, 1.165) is 77.0 Å². The summed E-state index contributed by atoms with van der Waals surface area (Å²) in [6, 6.07) is 8.64. The number of carbonyl (C=O) groups is 1. The number of aliphatic carboxylic acids is 1. The number of carboxylic acid groups (broad SMARTS) is 1. The number of aryl methyl sites for hydroxylation is 2. The van der Waals surface area contributed by atoms with E-state index < -0.39 is 18.2 Å². The summed E-state index contributed by atoms with van der Waals surface area (Å²) in [7, 11) is 0. The topological polar surface area (TPSA) is 98.0 Å². The first-order valence-electron chi connectivity index (χ1n) is 14.1. The molecule has 0 aliphatic heterocycles. The Labute approximate surface area is 218 Å². The SMILES string of the molecule is CCCCCC(O)C=CC1=C(CC(O)CO)CC(CCCCCC(=O)O)CCc2ccccc2CC1. The molecule has 1 aromatic carbocycles. The van der Waals surface area contributed by atoms with E-state index in [0.29, 0.717) is 18.8 Å². The normalized spacial score (nSPS) is 18.7. The number of aliphatic hydroxyl groups excluding tert-OH is 3. The van der Waals surface area contributed by atoms with Gasteiger partial charge in [-0.05, 0) is 74.0 Å². The van der Waals surface area contributed by atoms with E-state index in [1.54, 1.807) is 0 Å². The van der Waals surface area contributed by atoms with Crippen LogP contribution in [0.5, 0.6) is 0 Å². The average molecular weight is 501 g/mol. The second kappa shape index (κ2) is 17.5. The van der Waals surface area contributed by atoms with Crippen LogP contribution in [0.25, 0.3) is 0 Å². The van der Waals surface area contributed by atoms with E-state index in [-0.39, 0.29) is 13.0 Å². The fraction of sp³-hybridized carbons (Fsp3) is 0.645. The number of aliphatic hydroxyl groups is 3. The summed E-state index contributed by atoms with van der Waals surface area (Å²) < 4.78 is 0. The molecule has 3 unspecified atom stereocenters. The van der Waals surface area contributed by atoms with Crippen molar-refractivity contribution in [3.63, 3.8) is 0 Å². The van der Waals surface area contributed by atoms with Gasteiger partial charge in [0.2, 0.25) is 0 Å². The van der Waals surface area contributed by atoms with Crippen molar-refractivity contribution < 1.29 is 25.2 Å². The lowest BCUT2D eigenvalue weighted by molar-refractivity contribution is -0.137. The number of carboxylic acids is 1. The minimum atomic E-state index is -0.788. The second-order valence-electron chi connectivity index (χ2n) is 10.5. The van der Waals surface area contributed by atoms with Crippen molar-refractivity contribution in [2.45, 2.75) is 115 Å². The molecule has 3 atom stereocenters. The fourth-order valence-corrected chi connectivity index (χ4v) is 5.26. The molecular weight excluding hydrogens is 452 g/mol. The minimum Gasteiger partial charge on any atom is -0.481 e. The van der Waals surface area contributed by atoms with Gasteiger partial charge in [0.05, 0.1) is 18.8 Å². The summed E-state index contributed by atoms with van der Waals surface area (Å²) in [6.07, 6.45) is 15.7. The Hall–Kier alpha value is -1.95. The Morgan fingerprint density at radius 2 is 1.78 bits per heavy atom. The molecule has 0 bridgehead atoms. The van der Waals surface area contributed by atoms with Crippen molar-refractivity contribution in [3.8, 4) is 0 Å². The van der Waals surface area contributed by atoms with E-state index in [9.17, 15) is 20.1 Å². The number of allylic oxidation sites excluding steroid dienone is 2. The smallest absolute Gasteiger partial charge is 0.303 e. The van der Waals surface area contributed by atoms with Crippen LogP contribution in [0.3, 0.4) is 0 Å². The first kappa shape index (κ1) is 30.3. The molecule has 1 aliphatic carbocycles. The molecule has 5 heteroatoms. The summed E-state index contributed by atoms with van der Waals surface area (Å²) in [5.41, 5.74) is 5.11. The lowest BCUT2D eigenvalue weighted by Crippen LogP contribution is -2.17. The zero-order valence-electron chi connectivity index (χ0n) is 22.2. The third-order valence-electron chi connectivity index (χ3n) is 7.41. The van der Waals surface area contributed by atoms with Crippen LogP contribution in [0.15, 0.2) is 47.6 Å². The Balaban J connectivity index is 2.27. The number of benzene rings is 1. The van der Waals surface area contributed by atoms with Crippen LogP contribution in [0.4, 0.5) is 0 Å². The van der Waals surface area contributed by atoms with E-state index >= 15 is 0 Å². The Morgan fingerprint density at radius 1 is 1.03 bits per heavy atom. The van der Waals surface area contributed by atoms with Crippen LogP contribution in [-0.4, -0.2) is 45.2 Å². The molecule has 1 aromatic rings. The van der Waals surface area contributed by atoms with Gasteiger partial charge in [0.15, 0.2) is 0 Å². The zero-order valence-corrected chi connectivity index (χ0v) is 22.2. The van der Waals surface area contributed by atoms with Crippen molar-refractivity contribution in [1.82, 2.24) is 0 Å². The summed E-state index contributed by atoms with van der Waals surface area (Å²) in [6.45, 7) is 1.90. The van der Waals surface area contributed by atoms with Gasteiger partial charge in [0, 0.05) is 6.42 Å². The summed E-state index contributed by atoms with van der Waals surface area (Å²) in [4.78, 5) is 10.9. The molecule has 0 amide bonds. The van der Waals surface area contributed by atoms with Crippen molar-refractivity contribution in [3.05, 3.63) is 58.7 Å². The summed E-state index contributed by atoms with van der Waals surface area (Å²) in [5, 5.41) is 39.4. The number of unbranched alkanes of at least 4 members (excludes halogenated alkanes) is 4. The van der Waals surface area contributed by atoms with E-state index in [4.69, 9.17) is 5.11 Å². The summed E-state index contributed by atoms with van der Waals surface area (Å²) in [5.74, 6) is -0.304. The number of rotatable bonds is 15. The molecular formula is C31H48O5. The van der Waals surface area contributed by atoms with Gasteiger partial charge in [0.25, 0.3) is 0 Å². The Morgan fingerprint density at radius 3 is 2.47 bits per heavy atom. The number of fused-ring (bicyclic) bond motifs is 1. The third kappa shape index (κ3) is 11.9. The predicted molar refractivity (Wildman–Crippen MR) is 146 cm³/mol. The van der Waals surface area contributed by atoms with Crippen LogP contribution in [-0.2, 0) is 17.6 Å². The quantitative estimate of drug-likeness (QED) is 0.217. The van der Waals surface area contributed by atoms with Gasteiger partial charge in [0.1, 0.15) is 0 Å². The molecule has 0 heterocycles. The zero-order chi connectivity index (χ0) is 26.2. The first-order valence-corrected chi connectivity index (χ1v) is 14.1. The van der Waals surface area contributed by atoms with Gasteiger partial charge >= 0.3 is 5.97 Å². The minimum absolute atomic E-state index is 0.224. The molecule has 0 fully saturated rings. The molecule has 5 nitrogen and oxygen atoms in total. The lowest BCUT2D eigenvalue weighted by atomic mass is 9.81. The maximum Gasteiger partial charge on any atom is 0.303 e. The molecule has 0 saturated heterocycles. The number of hydrogen-bond acceptors (Lipinski definition) is 4. The van der Waals surface area contributed by atoms with Gasteiger partial charge in [-0.1, -0.05) is 87.4 Å². The molecule has 0 radical (unpaired) electrons. The molecule has 2 rings (SSSR count). The second-order valence-corrected chi connectivity index (χ2v) is 10.5. The van der Waals surface area contributed by atoms with Gasteiger partial charge in [-0.2, -0.15) is 0 Å². The molecule has 0 spiro atoms. The molecule has 4 N–H and O–H groups in total. The van der Waals surface area contributed by atoms with Crippen molar-refractivity contribution >= 4 is 5.97 Å². The van der Waals surface area contributed by atoms with E-state index in [2.05, 4.69) is 37.3 Å². The highest BCUT2D eigenvalue weighted by Gasteiger charge is 2.19. The van der Waals surface area contributed by atoms with Gasteiger partial charge in [-0.3, -0.25) is 4.79 Å². The van der Waals surface area contributed by atoms with Crippen molar-refractivity contribution in [2.24, 2.45) is 5.92 Å². The Kier molecular flexibility index (Phi) is 14.7. The highest BCUT2D eigenvalue weighted by atomic mass is 16.4. The molecule has 36 heavy (non-hydrogen) atoms. The monoisotopic (exact) mass is 500 g/mol. The molecule has 0 saturated carbocycles. The highest BCUT2D eigenvalue weighted by molar-refractivity contribution is 5.66. The van der Waals surface area contributed by atoms with E-state index in [1.165, 1.54) is 22.3 Å². The van der Waals surface area contributed by atoms with Gasteiger partial charge < -0.3 is 20.4 Å². The van der Waals surface area contributed by atoms with Crippen LogP contribution < -0.4 is 0 Å². The molecule has 1 aliphatic rings. The fourth-order valence-electron chi connectivity index (χ4n) is 5.26. The largest absolute Gasteiger partial charge is 0.481 e. The molecule has 202 valence electrons. The average Bonchev–Trinajstić information content (AvgIpc) is 2.86. The van der Waals surface area contributed by atoms with Crippen molar-refractivity contribution in [2.75, 3.05) is 6.61 Å². The van der Waals surface area contributed by atoms with Crippen LogP contribution >= 0.6 is 0 Å². The van der Waals surface area contributed by atoms with Gasteiger partial charge in [-0.15, -0.1) is 0 Å². The maximum absolute atomic E-state index is 10.9. The van der Waals surface area contributed by atoms with Crippen molar-refractivity contribution in [1.29, 1.82) is 0 Å².